The third-order valence-electron chi connectivity index (χ3n) is 2.10. The van der Waals surface area contributed by atoms with E-state index in [4.69, 9.17) is 0 Å². The summed E-state index contributed by atoms with van der Waals surface area (Å²) in [6.45, 7) is 0. The van der Waals surface area contributed by atoms with Crippen LogP contribution in [-0.2, 0) is 11.2 Å². The van der Waals surface area contributed by atoms with Gasteiger partial charge in [0.2, 0.25) is 0 Å². The van der Waals surface area contributed by atoms with Crippen molar-refractivity contribution in [3.63, 3.8) is 0 Å². The maximum Gasteiger partial charge on any atom is 0.263 e. The molecule has 0 aliphatic carbocycles. The van der Waals surface area contributed by atoms with Gasteiger partial charge in [0.15, 0.2) is 0 Å². The van der Waals surface area contributed by atoms with Crippen LogP contribution in [0.25, 0.3) is 0 Å². The highest BCUT2D eigenvalue weighted by molar-refractivity contribution is 9.09. The van der Waals surface area contributed by atoms with Crippen LogP contribution in [0, 0.1) is 0 Å². The van der Waals surface area contributed by atoms with Crippen LogP contribution in [0.2, 0.25) is 0 Å². The summed E-state index contributed by atoms with van der Waals surface area (Å²) >= 11 is 4.46. The average molecular weight is 309 g/mol. The van der Waals surface area contributed by atoms with Gasteiger partial charge >= 0.3 is 0 Å². The van der Waals surface area contributed by atoms with Gasteiger partial charge in [0.05, 0.1) is 5.33 Å². The van der Waals surface area contributed by atoms with Gasteiger partial charge in [-0.25, -0.2) is 8.78 Å². The molecule has 5 heteroatoms. The average Bonchev–Trinajstić information content (AvgIpc) is 2.29. The van der Waals surface area contributed by atoms with Crippen molar-refractivity contribution >= 4 is 33.5 Å². The Morgan fingerprint density at radius 1 is 1.50 bits per heavy atom. The summed E-state index contributed by atoms with van der Waals surface area (Å²) in [5.74, 6) is 0.0418. The summed E-state index contributed by atoms with van der Waals surface area (Å²) in [7, 11) is 0. The number of thioether (sulfide) groups is 1. The first kappa shape index (κ1) is 13.6. The first-order chi connectivity index (χ1) is 7.58. The van der Waals surface area contributed by atoms with Crippen LogP contribution in [0.3, 0.4) is 0 Å². The van der Waals surface area contributed by atoms with Crippen molar-refractivity contribution < 1.29 is 13.6 Å². The molecule has 88 valence electrons. The zero-order chi connectivity index (χ0) is 12.1. The van der Waals surface area contributed by atoms with Crippen molar-refractivity contribution in [3.8, 4) is 0 Å². The lowest BCUT2D eigenvalue weighted by Gasteiger charge is -2.08. The molecular weight excluding hydrogens is 298 g/mol. The number of rotatable bonds is 5. The van der Waals surface area contributed by atoms with Gasteiger partial charge in [-0.15, -0.1) is 11.8 Å². The molecule has 1 rings (SSSR count). The molecule has 16 heavy (non-hydrogen) atoms. The number of carbonyl (C=O) groups excluding carboxylic acids is 1. The van der Waals surface area contributed by atoms with Gasteiger partial charge in [-0.1, -0.05) is 28.1 Å². The Labute approximate surface area is 106 Å². The number of alkyl halides is 3. The summed E-state index contributed by atoms with van der Waals surface area (Å²) in [6.07, 6.45) is -0.371. The van der Waals surface area contributed by atoms with E-state index in [1.54, 1.807) is 6.07 Å². The van der Waals surface area contributed by atoms with E-state index in [1.165, 1.54) is 23.9 Å². The van der Waals surface area contributed by atoms with Crippen LogP contribution in [0.5, 0.6) is 0 Å². The Morgan fingerprint density at radius 2 is 2.19 bits per heavy atom. The third kappa shape index (κ3) is 3.56. The summed E-state index contributed by atoms with van der Waals surface area (Å²) in [5, 5.41) is 0.289. The predicted octanol–water partition coefficient (Wildman–Crippen LogP) is 3.85. The highest BCUT2D eigenvalue weighted by atomic mass is 79.9. The molecular formula is C11H11BrF2OS. The first-order valence-corrected chi connectivity index (χ1v) is 6.95. The lowest BCUT2D eigenvalue weighted by molar-refractivity contribution is -0.115. The summed E-state index contributed by atoms with van der Waals surface area (Å²) in [5.41, 5.74) is 0.806. The van der Waals surface area contributed by atoms with Gasteiger partial charge in [-0.2, -0.15) is 0 Å². The zero-order valence-corrected chi connectivity index (χ0v) is 11.1. The second-order valence-electron chi connectivity index (χ2n) is 3.22. The van der Waals surface area contributed by atoms with Crippen molar-refractivity contribution in [2.75, 3.05) is 11.6 Å². The van der Waals surface area contributed by atoms with Gasteiger partial charge < -0.3 is 0 Å². The normalized spacial score (nSPS) is 10.8. The van der Waals surface area contributed by atoms with E-state index in [-0.39, 0.29) is 23.1 Å². The zero-order valence-electron chi connectivity index (χ0n) is 8.67. The molecule has 1 nitrogen and oxygen atoms in total. The fourth-order valence-corrected chi connectivity index (χ4v) is 2.16. The topological polar surface area (TPSA) is 17.1 Å². The van der Waals surface area contributed by atoms with E-state index in [0.29, 0.717) is 0 Å². The molecule has 0 saturated carbocycles. The number of benzene rings is 1. The standard InChI is InChI=1S/C11H11BrF2OS/c1-16-10-5-8(11(13)14)3-2-7(10)4-9(15)6-12/h2-3,5,11H,4,6H2,1H3. The highest BCUT2D eigenvalue weighted by Gasteiger charge is 2.12. The van der Waals surface area contributed by atoms with Crippen molar-refractivity contribution in [2.45, 2.75) is 17.7 Å². The highest BCUT2D eigenvalue weighted by Crippen LogP contribution is 2.27. The quantitative estimate of drug-likeness (QED) is 0.607. The van der Waals surface area contributed by atoms with E-state index in [2.05, 4.69) is 15.9 Å². The van der Waals surface area contributed by atoms with Crippen molar-refractivity contribution in [1.29, 1.82) is 0 Å². The summed E-state index contributed by atoms with van der Waals surface area (Å²) in [6, 6.07) is 4.43. The Kier molecular flexibility index (Phi) is 5.41. The molecule has 0 bridgehead atoms. The molecule has 0 unspecified atom stereocenters. The monoisotopic (exact) mass is 308 g/mol. The Balaban J connectivity index is 2.97. The van der Waals surface area contributed by atoms with Gasteiger partial charge in [-0.3, -0.25) is 4.79 Å². The molecule has 1 aromatic carbocycles. The van der Waals surface area contributed by atoms with E-state index < -0.39 is 6.43 Å². The maximum atomic E-state index is 12.5. The van der Waals surface area contributed by atoms with Gasteiger partial charge in [0, 0.05) is 16.9 Å². The molecule has 0 spiro atoms. The SMILES string of the molecule is CSc1cc(C(F)F)ccc1CC(=O)CBr. The molecule has 0 radical (unpaired) electrons. The van der Waals surface area contributed by atoms with Crippen LogP contribution >= 0.6 is 27.7 Å². The van der Waals surface area contributed by atoms with Crippen LogP contribution in [0.1, 0.15) is 17.6 Å². The second kappa shape index (κ2) is 6.35. The second-order valence-corrected chi connectivity index (χ2v) is 4.63. The van der Waals surface area contributed by atoms with Gasteiger partial charge in [-0.05, 0) is 17.9 Å². The summed E-state index contributed by atoms with van der Waals surface area (Å²) < 4.78 is 24.9. The predicted molar refractivity (Wildman–Crippen MR) is 65.7 cm³/mol. The van der Waals surface area contributed by atoms with Gasteiger partial charge in [0.1, 0.15) is 5.78 Å². The van der Waals surface area contributed by atoms with E-state index in [1.807, 2.05) is 6.26 Å². The van der Waals surface area contributed by atoms with E-state index in [0.717, 1.165) is 10.5 Å². The number of hydrogen-bond donors (Lipinski definition) is 0. The third-order valence-corrected chi connectivity index (χ3v) is 3.55. The van der Waals surface area contributed by atoms with E-state index >= 15 is 0 Å². The minimum absolute atomic E-state index is 0.000564. The van der Waals surface area contributed by atoms with Gasteiger partial charge in [0.25, 0.3) is 6.43 Å². The smallest absolute Gasteiger partial charge is 0.263 e. The Hall–Kier alpha value is -0.420. The number of ketones is 1. The Morgan fingerprint density at radius 3 is 2.69 bits per heavy atom. The van der Waals surface area contributed by atoms with Crippen LogP contribution in [0.15, 0.2) is 23.1 Å². The number of halogens is 3. The summed E-state index contributed by atoms with van der Waals surface area (Å²) in [4.78, 5) is 12.0. The fourth-order valence-electron chi connectivity index (χ4n) is 1.30. The van der Waals surface area contributed by atoms with Crippen molar-refractivity contribution in [2.24, 2.45) is 0 Å². The molecule has 0 amide bonds. The Bertz CT molecular complexity index is 382. The number of hydrogen-bond acceptors (Lipinski definition) is 2. The molecule has 0 aliphatic rings. The largest absolute Gasteiger partial charge is 0.298 e. The fraction of sp³-hybridized carbons (Fsp3) is 0.364. The lowest BCUT2D eigenvalue weighted by atomic mass is 10.1. The molecule has 0 saturated heterocycles. The molecule has 0 fully saturated rings. The first-order valence-electron chi connectivity index (χ1n) is 4.61. The molecule has 0 N–H and O–H groups in total. The molecule has 1 aromatic rings. The molecule has 0 aromatic heterocycles. The van der Waals surface area contributed by atoms with Crippen molar-refractivity contribution in [3.05, 3.63) is 29.3 Å². The van der Waals surface area contributed by atoms with Crippen LogP contribution in [-0.4, -0.2) is 17.4 Å². The lowest BCUT2D eigenvalue weighted by Crippen LogP contribution is -2.04. The minimum Gasteiger partial charge on any atom is -0.298 e. The van der Waals surface area contributed by atoms with Crippen molar-refractivity contribution in [1.82, 2.24) is 0 Å². The maximum absolute atomic E-state index is 12.5. The minimum atomic E-state index is -2.47. The number of carbonyl (C=O) groups is 1. The number of Topliss-reactive ketones (excluding diaryl/α,β-unsaturated/α-hetero) is 1. The molecule has 0 atom stereocenters. The van der Waals surface area contributed by atoms with Crippen LogP contribution < -0.4 is 0 Å². The molecule has 0 heterocycles. The van der Waals surface area contributed by atoms with Crippen LogP contribution in [0.4, 0.5) is 8.78 Å². The molecule has 0 aliphatic heterocycles. The van der Waals surface area contributed by atoms with E-state index in [9.17, 15) is 13.6 Å².